The van der Waals surface area contributed by atoms with E-state index in [0.717, 1.165) is 36.1 Å². The van der Waals surface area contributed by atoms with Crippen LogP contribution in [0.1, 0.15) is 37.8 Å². The number of aryl methyl sites for hydroxylation is 2. The third kappa shape index (κ3) is 5.38. The number of hydrogen-bond acceptors (Lipinski definition) is 2. The first kappa shape index (κ1) is 20.1. The molecule has 26 heavy (non-hydrogen) atoms. The Balaban J connectivity index is 2.00. The largest absolute Gasteiger partial charge is 0.491 e. The highest BCUT2D eigenvalue weighted by Gasteiger charge is 2.33. The summed E-state index contributed by atoms with van der Waals surface area (Å²) in [7, 11) is 0. The van der Waals surface area contributed by atoms with Gasteiger partial charge in [0.1, 0.15) is 0 Å². The molecular formula is C20H22F4O2. The van der Waals surface area contributed by atoms with Crippen molar-refractivity contribution in [2.75, 3.05) is 6.61 Å². The van der Waals surface area contributed by atoms with Crippen molar-refractivity contribution in [2.45, 2.75) is 45.6 Å². The van der Waals surface area contributed by atoms with Crippen LogP contribution in [0.2, 0.25) is 0 Å². The van der Waals surface area contributed by atoms with Gasteiger partial charge in [-0.25, -0.2) is 0 Å². The van der Waals surface area contributed by atoms with Crippen LogP contribution in [0.4, 0.5) is 17.6 Å². The van der Waals surface area contributed by atoms with E-state index in [2.05, 4.69) is 11.7 Å². The molecule has 0 aliphatic rings. The van der Waals surface area contributed by atoms with Gasteiger partial charge < -0.3 is 9.47 Å². The van der Waals surface area contributed by atoms with Gasteiger partial charge in [0, 0.05) is 0 Å². The summed E-state index contributed by atoms with van der Waals surface area (Å²) in [6, 6.07) is 9.39. The van der Waals surface area contributed by atoms with Gasteiger partial charge in [-0.05, 0) is 43.0 Å². The fraction of sp³-hybridized carbons (Fsp3) is 0.400. The molecule has 0 saturated heterocycles. The van der Waals surface area contributed by atoms with Gasteiger partial charge in [0.2, 0.25) is 11.6 Å². The molecule has 0 aliphatic carbocycles. The maximum atomic E-state index is 14.0. The molecule has 2 aromatic rings. The monoisotopic (exact) mass is 370 g/mol. The normalized spacial score (nSPS) is 11.5. The second-order valence-electron chi connectivity index (χ2n) is 5.93. The van der Waals surface area contributed by atoms with Crippen molar-refractivity contribution in [3.8, 4) is 11.5 Å². The second-order valence-corrected chi connectivity index (χ2v) is 5.93. The van der Waals surface area contributed by atoms with Crippen LogP contribution in [-0.2, 0) is 12.8 Å². The molecule has 0 aromatic heterocycles. The highest BCUT2D eigenvalue weighted by Crippen LogP contribution is 2.32. The van der Waals surface area contributed by atoms with E-state index in [1.807, 2.05) is 12.1 Å². The first-order chi connectivity index (χ1) is 12.4. The number of halogens is 4. The third-order valence-electron chi connectivity index (χ3n) is 3.84. The smallest absolute Gasteiger partial charge is 0.398 e. The van der Waals surface area contributed by atoms with Gasteiger partial charge in [-0.3, -0.25) is 0 Å². The summed E-state index contributed by atoms with van der Waals surface area (Å²) in [5, 5.41) is 0. The summed E-state index contributed by atoms with van der Waals surface area (Å²) in [4.78, 5) is 0. The van der Waals surface area contributed by atoms with Crippen molar-refractivity contribution < 1.29 is 27.0 Å². The van der Waals surface area contributed by atoms with Crippen LogP contribution in [0.5, 0.6) is 11.5 Å². The van der Waals surface area contributed by atoms with Gasteiger partial charge in [0.15, 0.2) is 11.5 Å². The average Bonchev–Trinajstić information content (AvgIpc) is 2.61. The van der Waals surface area contributed by atoms with Crippen LogP contribution in [0.25, 0.3) is 0 Å². The lowest BCUT2D eigenvalue weighted by Crippen LogP contribution is -2.26. The molecule has 0 atom stereocenters. The fourth-order valence-corrected chi connectivity index (χ4v) is 2.52. The lowest BCUT2D eigenvalue weighted by atomic mass is 10.0. The predicted octanol–water partition coefficient (Wildman–Crippen LogP) is 5.92. The summed E-state index contributed by atoms with van der Waals surface area (Å²) in [5.41, 5.74) is 1.87. The molecule has 2 rings (SSSR count). The van der Waals surface area contributed by atoms with E-state index in [0.29, 0.717) is 0 Å². The first-order valence-electron chi connectivity index (χ1n) is 8.61. The molecule has 0 heterocycles. The summed E-state index contributed by atoms with van der Waals surface area (Å²) in [6.07, 6.45) is -2.27. The lowest BCUT2D eigenvalue weighted by molar-refractivity contribution is -0.181. The van der Waals surface area contributed by atoms with Crippen molar-refractivity contribution in [3.63, 3.8) is 0 Å². The lowest BCUT2D eigenvalue weighted by Gasteiger charge is -2.19. The average molecular weight is 370 g/mol. The van der Waals surface area contributed by atoms with Gasteiger partial charge in [-0.15, -0.1) is 0 Å². The Hall–Kier alpha value is -2.24. The highest BCUT2D eigenvalue weighted by atomic mass is 19.3. The van der Waals surface area contributed by atoms with Gasteiger partial charge in [-0.1, -0.05) is 37.6 Å². The zero-order valence-electron chi connectivity index (χ0n) is 14.8. The molecule has 0 aliphatic heterocycles. The topological polar surface area (TPSA) is 18.5 Å². The molecule has 0 radical (unpaired) electrons. The van der Waals surface area contributed by atoms with Gasteiger partial charge in [-0.2, -0.15) is 17.6 Å². The van der Waals surface area contributed by atoms with Crippen molar-refractivity contribution in [2.24, 2.45) is 0 Å². The molecule has 2 aromatic carbocycles. The summed E-state index contributed by atoms with van der Waals surface area (Å²) >= 11 is 0. The van der Waals surface area contributed by atoms with Gasteiger partial charge in [0.05, 0.1) is 13.0 Å². The molecule has 142 valence electrons. The van der Waals surface area contributed by atoms with E-state index < -0.39 is 29.9 Å². The number of rotatable bonds is 9. The van der Waals surface area contributed by atoms with Crippen molar-refractivity contribution >= 4 is 0 Å². The van der Waals surface area contributed by atoms with Crippen molar-refractivity contribution in [1.29, 1.82) is 0 Å². The summed E-state index contributed by atoms with van der Waals surface area (Å²) in [6.45, 7) is 3.79. The summed E-state index contributed by atoms with van der Waals surface area (Å²) < 4.78 is 65.0. The van der Waals surface area contributed by atoms with E-state index in [9.17, 15) is 17.6 Å². The van der Waals surface area contributed by atoms with E-state index in [4.69, 9.17) is 4.74 Å². The first-order valence-corrected chi connectivity index (χ1v) is 8.61. The third-order valence-corrected chi connectivity index (χ3v) is 3.84. The predicted molar refractivity (Wildman–Crippen MR) is 91.9 cm³/mol. The molecule has 2 nitrogen and oxygen atoms in total. The summed E-state index contributed by atoms with van der Waals surface area (Å²) in [5.74, 6) is -4.01. The van der Waals surface area contributed by atoms with E-state index in [-0.39, 0.29) is 18.8 Å². The molecule has 0 fully saturated rings. The van der Waals surface area contributed by atoms with E-state index in [1.165, 1.54) is 0 Å². The molecule has 0 spiro atoms. The standard InChI is InChI=1S/C20H22F4O2/c1-3-5-14-6-8-15(9-7-14)12-13-20(23,24)26-17-11-10-16(25-4-2)18(21)19(17)22/h6-11H,3-5,12-13H2,1-2H3. The Bertz CT molecular complexity index is 714. The zero-order valence-corrected chi connectivity index (χ0v) is 14.8. The molecular weight excluding hydrogens is 348 g/mol. The Kier molecular flexibility index (Phi) is 6.89. The quantitative estimate of drug-likeness (QED) is 0.510. The van der Waals surface area contributed by atoms with Gasteiger partial charge >= 0.3 is 6.11 Å². The minimum atomic E-state index is -3.62. The maximum Gasteiger partial charge on any atom is 0.398 e. The van der Waals surface area contributed by atoms with Crippen LogP contribution >= 0.6 is 0 Å². The number of hydrogen-bond donors (Lipinski definition) is 0. The minimum Gasteiger partial charge on any atom is -0.491 e. The fourth-order valence-electron chi connectivity index (χ4n) is 2.52. The highest BCUT2D eigenvalue weighted by molar-refractivity contribution is 5.35. The minimum absolute atomic E-state index is 0.0561. The molecule has 6 heteroatoms. The zero-order chi connectivity index (χ0) is 19.2. The molecule has 0 amide bonds. The van der Waals surface area contributed by atoms with Crippen LogP contribution < -0.4 is 9.47 Å². The second kappa shape index (κ2) is 8.92. The SMILES string of the molecule is CCCc1ccc(CCC(F)(F)Oc2ccc(OCC)c(F)c2F)cc1. The van der Waals surface area contributed by atoms with Crippen LogP contribution in [0.3, 0.4) is 0 Å². The molecule has 0 N–H and O–H groups in total. The Labute approximate surface area is 150 Å². The molecule has 0 saturated carbocycles. The van der Waals surface area contributed by atoms with E-state index >= 15 is 0 Å². The number of benzene rings is 2. The van der Waals surface area contributed by atoms with Crippen molar-refractivity contribution in [3.05, 3.63) is 59.2 Å². The Morgan fingerprint density at radius 2 is 1.35 bits per heavy atom. The maximum absolute atomic E-state index is 14.0. The van der Waals surface area contributed by atoms with Crippen LogP contribution in [-0.4, -0.2) is 12.7 Å². The van der Waals surface area contributed by atoms with Gasteiger partial charge in [0.25, 0.3) is 0 Å². The van der Waals surface area contributed by atoms with E-state index in [1.54, 1.807) is 19.1 Å². The van der Waals surface area contributed by atoms with Crippen molar-refractivity contribution in [1.82, 2.24) is 0 Å². The number of alkyl halides is 2. The molecule has 0 bridgehead atoms. The Morgan fingerprint density at radius 1 is 0.808 bits per heavy atom. The van der Waals surface area contributed by atoms with Crippen LogP contribution in [0.15, 0.2) is 36.4 Å². The number of ether oxygens (including phenoxy) is 2. The Morgan fingerprint density at radius 3 is 1.92 bits per heavy atom. The van der Waals surface area contributed by atoms with Crippen LogP contribution in [0, 0.1) is 11.6 Å². The molecule has 0 unspecified atom stereocenters.